The lowest BCUT2D eigenvalue weighted by molar-refractivity contribution is -0.133. The number of urea groups is 1. The molecular formula is C17H22N4O2. The summed E-state index contributed by atoms with van der Waals surface area (Å²) in [5.74, 6) is -0.230. The van der Waals surface area contributed by atoms with Gasteiger partial charge in [-0.1, -0.05) is 44.2 Å². The van der Waals surface area contributed by atoms with Gasteiger partial charge in [-0.3, -0.25) is 9.69 Å². The molecule has 0 aromatic heterocycles. The maximum absolute atomic E-state index is 12.9. The van der Waals surface area contributed by atoms with Crippen LogP contribution in [0.5, 0.6) is 0 Å². The minimum absolute atomic E-state index is 0.206. The van der Waals surface area contributed by atoms with Crippen LogP contribution in [-0.4, -0.2) is 41.5 Å². The Morgan fingerprint density at radius 3 is 2.52 bits per heavy atom. The SMILES string of the molecule is CCN(CCC#N)CN1C(=O)N[C@@](CC)(c2ccccc2)C1=O. The van der Waals surface area contributed by atoms with E-state index in [2.05, 4.69) is 11.4 Å². The van der Waals surface area contributed by atoms with E-state index in [1.54, 1.807) is 0 Å². The largest absolute Gasteiger partial charge is 0.326 e. The second-order valence-corrected chi connectivity index (χ2v) is 5.55. The molecule has 1 aromatic rings. The van der Waals surface area contributed by atoms with Crippen LogP contribution in [0.1, 0.15) is 32.3 Å². The lowest BCUT2D eigenvalue weighted by Gasteiger charge is -2.27. The Morgan fingerprint density at radius 2 is 1.96 bits per heavy atom. The predicted octanol–water partition coefficient (Wildman–Crippen LogP) is 2.04. The van der Waals surface area contributed by atoms with Crippen molar-refractivity contribution in [2.45, 2.75) is 32.2 Å². The number of nitrogens with zero attached hydrogens (tertiary/aromatic N) is 3. The monoisotopic (exact) mass is 314 g/mol. The first-order valence-electron chi connectivity index (χ1n) is 7.88. The number of imide groups is 1. The lowest BCUT2D eigenvalue weighted by Crippen LogP contribution is -2.45. The predicted molar refractivity (Wildman–Crippen MR) is 86.1 cm³/mol. The first-order valence-corrected chi connectivity index (χ1v) is 7.88. The van der Waals surface area contributed by atoms with E-state index in [0.29, 0.717) is 25.9 Å². The molecule has 1 aromatic carbocycles. The van der Waals surface area contributed by atoms with Gasteiger partial charge in [0.05, 0.1) is 12.7 Å². The molecule has 0 saturated carbocycles. The average Bonchev–Trinajstić information content (AvgIpc) is 2.84. The van der Waals surface area contributed by atoms with Gasteiger partial charge in [-0.25, -0.2) is 9.69 Å². The highest BCUT2D eigenvalue weighted by Gasteiger charge is 2.51. The smallest absolute Gasteiger partial charge is 0.319 e. The van der Waals surface area contributed by atoms with Crippen LogP contribution in [-0.2, 0) is 10.3 Å². The molecule has 1 heterocycles. The number of carbonyl (C=O) groups is 2. The van der Waals surface area contributed by atoms with E-state index < -0.39 is 5.54 Å². The quantitative estimate of drug-likeness (QED) is 0.781. The number of nitrogens with one attached hydrogen (secondary N) is 1. The molecule has 1 fully saturated rings. The molecule has 0 radical (unpaired) electrons. The number of hydrogen-bond acceptors (Lipinski definition) is 4. The first-order chi connectivity index (χ1) is 11.1. The zero-order valence-electron chi connectivity index (χ0n) is 13.6. The normalized spacial score (nSPS) is 20.7. The fourth-order valence-electron chi connectivity index (χ4n) is 2.85. The second-order valence-electron chi connectivity index (χ2n) is 5.55. The molecule has 3 amide bonds. The molecule has 1 aliphatic heterocycles. The van der Waals surface area contributed by atoms with E-state index in [9.17, 15) is 9.59 Å². The van der Waals surface area contributed by atoms with Gasteiger partial charge in [0.25, 0.3) is 5.91 Å². The van der Waals surface area contributed by atoms with E-state index >= 15 is 0 Å². The molecule has 0 spiro atoms. The lowest BCUT2D eigenvalue weighted by atomic mass is 9.87. The van der Waals surface area contributed by atoms with Gasteiger partial charge in [0.1, 0.15) is 5.54 Å². The molecule has 1 atom stereocenters. The summed E-state index contributed by atoms with van der Waals surface area (Å²) in [5, 5.41) is 11.6. The summed E-state index contributed by atoms with van der Waals surface area (Å²) in [6.07, 6.45) is 0.859. The van der Waals surface area contributed by atoms with Crippen LogP contribution in [0.3, 0.4) is 0 Å². The Hall–Kier alpha value is -2.39. The van der Waals surface area contributed by atoms with Crippen LogP contribution in [0, 0.1) is 11.3 Å². The molecule has 6 nitrogen and oxygen atoms in total. The minimum atomic E-state index is -0.993. The van der Waals surface area contributed by atoms with Crippen LogP contribution in [0.2, 0.25) is 0 Å². The van der Waals surface area contributed by atoms with Crippen molar-refractivity contribution < 1.29 is 9.59 Å². The zero-order chi connectivity index (χ0) is 16.9. The zero-order valence-corrected chi connectivity index (χ0v) is 13.6. The third-order valence-electron chi connectivity index (χ3n) is 4.30. The summed E-state index contributed by atoms with van der Waals surface area (Å²) in [6, 6.07) is 11.0. The molecule has 0 aliphatic carbocycles. The van der Waals surface area contributed by atoms with E-state index in [1.165, 1.54) is 4.90 Å². The highest BCUT2D eigenvalue weighted by molar-refractivity contribution is 6.07. The van der Waals surface area contributed by atoms with Crippen LogP contribution in [0.25, 0.3) is 0 Å². The number of carbonyl (C=O) groups excluding carboxylic acids is 2. The number of hydrogen-bond donors (Lipinski definition) is 1. The van der Waals surface area contributed by atoms with Crippen LogP contribution in [0.4, 0.5) is 4.79 Å². The number of benzene rings is 1. The van der Waals surface area contributed by atoms with Crippen molar-refractivity contribution in [1.82, 2.24) is 15.1 Å². The Balaban J connectivity index is 2.23. The fraction of sp³-hybridized carbons (Fsp3) is 0.471. The van der Waals surface area contributed by atoms with Crippen molar-refractivity contribution in [3.63, 3.8) is 0 Å². The molecule has 1 aliphatic rings. The van der Waals surface area contributed by atoms with E-state index in [4.69, 9.17) is 5.26 Å². The molecule has 0 unspecified atom stereocenters. The van der Waals surface area contributed by atoms with Gasteiger partial charge >= 0.3 is 6.03 Å². The van der Waals surface area contributed by atoms with Crippen molar-refractivity contribution in [1.29, 1.82) is 5.26 Å². The van der Waals surface area contributed by atoms with Crippen molar-refractivity contribution in [3.8, 4) is 6.07 Å². The van der Waals surface area contributed by atoms with E-state index in [1.807, 2.05) is 49.1 Å². The average molecular weight is 314 g/mol. The van der Waals surface area contributed by atoms with Gasteiger partial charge in [-0.15, -0.1) is 0 Å². The van der Waals surface area contributed by atoms with Crippen LogP contribution < -0.4 is 5.32 Å². The van der Waals surface area contributed by atoms with Gasteiger partial charge in [0.2, 0.25) is 0 Å². The van der Waals surface area contributed by atoms with Crippen molar-refractivity contribution in [2.75, 3.05) is 19.8 Å². The summed E-state index contributed by atoms with van der Waals surface area (Å²) in [7, 11) is 0. The molecular weight excluding hydrogens is 292 g/mol. The molecule has 6 heteroatoms. The highest BCUT2D eigenvalue weighted by atomic mass is 16.2. The Morgan fingerprint density at radius 1 is 1.26 bits per heavy atom. The Labute approximate surface area is 136 Å². The minimum Gasteiger partial charge on any atom is -0.319 e. The third kappa shape index (κ3) is 3.20. The second kappa shape index (κ2) is 7.25. The van der Waals surface area contributed by atoms with Gasteiger partial charge in [0, 0.05) is 13.0 Å². The summed E-state index contributed by atoms with van der Waals surface area (Å²) in [5.41, 5.74) is -0.198. The summed E-state index contributed by atoms with van der Waals surface area (Å²) in [4.78, 5) is 28.5. The first kappa shape index (κ1) is 17.0. The number of rotatable bonds is 7. The molecule has 0 bridgehead atoms. The standard InChI is InChI=1S/C17H22N4O2/c1-3-17(14-9-6-5-7-10-14)15(22)21(16(23)19-17)13-20(4-2)12-8-11-18/h5-7,9-10H,3-4,8,12-13H2,1-2H3,(H,19,23)/t17-/m0/s1. The van der Waals surface area contributed by atoms with Crippen molar-refractivity contribution in [3.05, 3.63) is 35.9 Å². The van der Waals surface area contributed by atoms with Gasteiger partial charge < -0.3 is 5.32 Å². The number of amides is 3. The third-order valence-corrected chi connectivity index (χ3v) is 4.30. The Bertz CT molecular complexity index is 611. The van der Waals surface area contributed by atoms with E-state index in [-0.39, 0.29) is 18.6 Å². The maximum Gasteiger partial charge on any atom is 0.326 e. The molecule has 1 saturated heterocycles. The van der Waals surface area contributed by atoms with Crippen LogP contribution >= 0.6 is 0 Å². The topological polar surface area (TPSA) is 76.4 Å². The maximum atomic E-state index is 12.9. The molecule has 2 rings (SSSR count). The summed E-state index contributed by atoms with van der Waals surface area (Å²) < 4.78 is 0. The van der Waals surface area contributed by atoms with E-state index in [0.717, 1.165) is 5.56 Å². The van der Waals surface area contributed by atoms with Gasteiger partial charge in [-0.2, -0.15) is 5.26 Å². The van der Waals surface area contributed by atoms with Crippen molar-refractivity contribution in [2.24, 2.45) is 0 Å². The highest BCUT2D eigenvalue weighted by Crippen LogP contribution is 2.32. The van der Waals surface area contributed by atoms with Gasteiger partial charge in [0.15, 0.2) is 0 Å². The Kier molecular flexibility index (Phi) is 5.35. The molecule has 1 N–H and O–H groups in total. The van der Waals surface area contributed by atoms with Crippen molar-refractivity contribution >= 4 is 11.9 Å². The number of nitriles is 1. The van der Waals surface area contributed by atoms with Gasteiger partial charge in [-0.05, 0) is 18.5 Å². The summed E-state index contributed by atoms with van der Waals surface area (Å²) in [6.45, 7) is 5.25. The molecule has 23 heavy (non-hydrogen) atoms. The molecule has 122 valence electrons. The van der Waals surface area contributed by atoms with Crippen LogP contribution in [0.15, 0.2) is 30.3 Å². The summed E-state index contributed by atoms with van der Waals surface area (Å²) >= 11 is 0. The fourth-order valence-corrected chi connectivity index (χ4v) is 2.85.